The van der Waals surface area contributed by atoms with E-state index in [4.69, 9.17) is 0 Å². The molecule has 1 aliphatic carbocycles. The summed E-state index contributed by atoms with van der Waals surface area (Å²) >= 11 is 0. The number of aromatic nitrogens is 2. The van der Waals surface area contributed by atoms with Crippen molar-refractivity contribution in [1.82, 2.24) is 9.46 Å². The maximum atomic E-state index is 4.49. The summed E-state index contributed by atoms with van der Waals surface area (Å²) in [4.78, 5) is 4.49. The number of fused-ring (bicyclic) bond motifs is 2. The Kier molecular flexibility index (Phi) is 1.06. The third kappa shape index (κ3) is 0.707. The summed E-state index contributed by atoms with van der Waals surface area (Å²) in [5, 5.41) is 0. The van der Waals surface area contributed by atoms with Gasteiger partial charge in [-0.3, -0.25) is 0 Å². The molecule has 0 spiro atoms. The van der Waals surface area contributed by atoms with Crippen molar-refractivity contribution in [2.45, 2.75) is 6.54 Å². The molecule has 0 N–H and O–H groups in total. The van der Waals surface area contributed by atoms with Crippen LogP contribution in [0.5, 0.6) is 0 Å². The van der Waals surface area contributed by atoms with E-state index in [0.717, 1.165) is 18.1 Å². The Morgan fingerprint density at radius 3 is 3.42 bits per heavy atom. The minimum absolute atomic E-state index is 0.962. The van der Waals surface area contributed by atoms with Crippen LogP contribution >= 0.6 is 0 Å². The van der Waals surface area contributed by atoms with Gasteiger partial charge in [-0.25, -0.2) is 0 Å². The van der Waals surface area contributed by atoms with Crippen LogP contribution in [0.1, 0.15) is 5.82 Å². The Bertz CT molecular complexity index is 430. The predicted octanol–water partition coefficient (Wildman–Crippen LogP) is 1.35. The summed E-state index contributed by atoms with van der Waals surface area (Å²) in [5.41, 5.74) is 2.32. The van der Waals surface area contributed by atoms with Crippen molar-refractivity contribution < 1.29 is 0 Å². The fourth-order valence-electron chi connectivity index (χ4n) is 1.61. The number of hydrogen-bond acceptors (Lipinski definition) is 1. The molecule has 2 heterocycles. The van der Waals surface area contributed by atoms with Gasteiger partial charge in [0.05, 0.1) is 0 Å². The maximum absolute atomic E-state index is 4.49. The summed E-state index contributed by atoms with van der Waals surface area (Å²) in [6.45, 7) is 0.962. The monoisotopic (exact) mass is 154 g/mol. The summed E-state index contributed by atoms with van der Waals surface area (Å²) in [7, 11) is 2.15. The van der Waals surface area contributed by atoms with E-state index in [2.05, 4.69) is 34.7 Å². The van der Waals surface area contributed by atoms with Crippen molar-refractivity contribution in [3.63, 3.8) is 0 Å². The molecule has 3 aliphatic rings. The van der Waals surface area contributed by atoms with Gasteiger partial charge >= 0.3 is 70.4 Å². The second-order valence-electron chi connectivity index (χ2n) is 3.02. The van der Waals surface area contributed by atoms with Gasteiger partial charge in [-0.05, 0) is 0 Å². The first kappa shape index (κ1) is 6.18. The Balaban J connectivity index is 2.38. The van der Waals surface area contributed by atoms with Crippen LogP contribution in [0.3, 0.4) is 0 Å². The van der Waals surface area contributed by atoms with Crippen molar-refractivity contribution in [2.75, 3.05) is 0 Å². The van der Waals surface area contributed by atoms with Crippen LogP contribution in [0.4, 0.5) is 0 Å². The van der Waals surface area contributed by atoms with Crippen molar-refractivity contribution >= 4 is 13.1 Å². The van der Waals surface area contributed by atoms with E-state index < -0.39 is 0 Å². The second-order valence-corrected chi connectivity index (χ2v) is 3.02. The van der Waals surface area contributed by atoms with Gasteiger partial charge in [0.1, 0.15) is 0 Å². The zero-order valence-electron chi connectivity index (χ0n) is 6.57. The Morgan fingerprint density at radius 1 is 1.42 bits per heavy atom. The second kappa shape index (κ2) is 2.06. The minimum atomic E-state index is 0.962. The number of hydrogen-bond donors (Lipinski definition) is 0. The summed E-state index contributed by atoms with van der Waals surface area (Å²) < 4.78 is 2.16. The Hall–Kier alpha value is -1.38. The first-order valence-electron chi connectivity index (χ1n) is 4.06. The summed E-state index contributed by atoms with van der Waals surface area (Å²) in [6, 6.07) is 6.17. The van der Waals surface area contributed by atoms with Gasteiger partial charge in [0.2, 0.25) is 0 Å². The molecule has 0 unspecified atom stereocenters. The third-order valence-electron chi connectivity index (χ3n) is 2.22. The molecule has 56 valence electrons. The van der Waals surface area contributed by atoms with E-state index in [1.54, 1.807) is 0 Å². The number of allylic oxidation sites excluding steroid dienone is 1. The number of nitrogens with zero attached hydrogens (tertiary/aromatic N) is 2. The van der Waals surface area contributed by atoms with Gasteiger partial charge in [0, 0.05) is 0 Å². The van der Waals surface area contributed by atoms with E-state index in [-0.39, 0.29) is 0 Å². The molecule has 0 fully saturated rings. The van der Waals surface area contributed by atoms with Crippen molar-refractivity contribution in [1.29, 1.82) is 0 Å². The summed E-state index contributed by atoms with van der Waals surface area (Å²) in [6.07, 6.45) is 4.19. The van der Waals surface area contributed by atoms with Crippen molar-refractivity contribution in [3.05, 3.63) is 30.1 Å². The Morgan fingerprint density at radius 2 is 2.42 bits per heavy atom. The van der Waals surface area contributed by atoms with Gasteiger partial charge in [-0.1, -0.05) is 0 Å². The van der Waals surface area contributed by atoms with Crippen LogP contribution in [0.2, 0.25) is 0 Å². The van der Waals surface area contributed by atoms with Gasteiger partial charge in [0.15, 0.2) is 0 Å². The van der Waals surface area contributed by atoms with Crippen molar-refractivity contribution in [2.24, 2.45) is 0 Å². The fraction of sp³-hybridized carbons (Fsp3) is 0.111. The molecule has 0 bridgehead atoms. The first-order chi connectivity index (χ1) is 5.93. The van der Waals surface area contributed by atoms with Crippen LogP contribution < -0.4 is 0 Å². The van der Waals surface area contributed by atoms with Crippen LogP contribution in [0.15, 0.2) is 24.3 Å². The molecular formula is C9H7BN2. The summed E-state index contributed by atoms with van der Waals surface area (Å²) in [5.74, 6) is 1.06. The average Bonchev–Trinajstić information content (AvgIpc) is 2.64. The van der Waals surface area contributed by atoms with Crippen LogP contribution in [-0.4, -0.2) is 16.5 Å². The topological polar surface area (TPSA) is 17.8 Å². The quantitative estimate of drug-likeness (QED) is 0.559. The molecule has 0 saturated heterocycles. The molecule has 0 aromatic heterocycles. The van der Waals surface area contributed by atoms with E-state index >= 15 is 0 Å². The zero-order chi connectivity index (χ0) is 7.97. The molecule has 0 aromatic rings. The van der Waals surface area contributed by atoms with E-state index in [0.29, 0.717) is 0 Å². The molecule has 0 radical (unpaired) electrons. The molecule has 3 heteroatoms. The molecule has 0 atom stereocenters. The van der Waals surface area contributed by atoms with Gasteiger partial charge in [-0.15, -0.1) is 0 Å². The molecule has 2 aliphatic heterocycles. The van der Waals surface area contributed by atoms with E-state index in [1.807, 2.05) is 12.1 Å². The van der Waals surface area contributed by atoms with E-state index in [1.165, 1.54) is 5.46 Å². The fourth-order valence-corrected chi connectivity index (χ4v) is 1.61. The van der Waals surface area contributed by atoms with Crippen LogP contribution in [-0.2, 0) is 6.54 Å². The molecule has 0 aromatic carbocycles. The molecule has 0 saturated carbocycles. The molecule has 2 nitrogen and oxygen atoms in total. The average molecular weight is 154 g/mol. The van der Waals surface area contributed by atoms with Crippen LogP contribution in [0.25, 0.3) is 17.2 Å². The SMILES string of the molecule is b1c2cccc-2nc2n1CC=C2. The zero-order valence-corrected chi connectivity index (χ0v) is 6.57. The van der Waals surface area contributed by atoms with Gasteiger partial charge in [0.25, 0.3) is 0 Å². The van der Waals surface area contributed by atoms with Gasteiger partial charge < -0.3 is 0 Å². The molecule has 12 heavy (non-hydrogen) atoms. The first-order valence-corrected chi connectivity index (χ1v) is 4.06. The molecule has 0 amide bonds. The van der Waals surface area contributed by atoms with Gasteiger partial charge in [-0.2, -0.15) is 0 Å². The van der Waals surface area contributed by atoms with E-state index in [9.17, 15) is 0 Å². The van der Waals surface area contributed by atoms with Crippen molar-refractivity contribution in [3.8, 4) is 11.2 Å². The van der Waals surface area contributed by atoms with Crippen LogP contribution in [0, 0.1) is 0 Å². The number of rotatable bonds is 0. The Labute approximate surface area is 71.1 Å². The molecular weight excluding hydrogens is 147 g/mol. The normalized spacial score (nSPS) is 13.7. The predicted molar refractivity (Wildman–Crippen MR) is 49.2 cm³/mol. The standard InChI is InChI=1S/C9H7BN2/c1-3-7-8(4-1)11-9-5-2-6-12(9)10-7/h1-5H,6H2. The third-order valence-corrected chi connectivity index (χ3v) is 2.22. The molecule has 3 rings (SSSR count).